The van der Waals surface area contributed by atoms with Gasteiger partial charge >= 0.3 is 0 Å². The zero-order valence-electron chi connectivity index (χ0n) is 11.6. The molecule has 0 aromatic carbocycles. The maximum absolute atomic E-state index is 12.3. The predicted molar refractivity (Wildman–Crippen MR) is 85.8 cm³/mol. The van der Waals surface area contributed by atoms with E-state index in [2.05, 4.69) is 22.5 Å². The molecule has 0 bridgehead atoms. The molecule has 1 aromatic heterocycles. The molecule has 2 rings (SSSR count). The first-order chi connectivity index (χ1) is 9.70. The number of rotatable bonds is 5. The monoisotopic (exact) mass is 313 g/mol. The molecular weight excluding hydrogens is 294 g/mol. The van der Waals surface area contributed by atoms with Crippen LogP contribution in [0.2, 0.25) is 5.02 Å². The fraction of sp³-hybridized carbons (Fsp3) is 0.571. The van der Waals surface area contributed by atoms with E-state index in [1.165, 1.54) is 11.9 Å². The minimum atomic E-state index is -0.107. The smallest absolute Gasteiger partial charge is 0.253 e. The summed E-state index contributed by atoms with van der Waals surface area (Å²) in [5.41, 5.74) is 0.496. The standard InChI is InChI=1S/C14H20ClN3OS/c1-2-5-16-13-7-11(12(15)8-17-13)14(19)18-10-4-3-6-20-9-10/h7-8,10H,2-6,9H2,1H3,(H,16,17)(H,18,19). The third kappa shape index (κ3) is 4.28. The van der Waals surface area contributed by atoms with Crippen molar-refractivity contribution in [2.24, 2.45) is 0 Å². The van der Waals surface area contributed by atoms with Crippen molar-refractivity contribution in [2.75, 3.05) is 23.4 Å². The minimum absolute atomic E-state index is 0.107. The second-order valence-electron chi connectivity index (χ2n) is 4.86. The van der Waals surface area contributed by atoms with Gasteiger partial charge in [0.25, 0.3) is 5.91 Å². The number of aromatic nitrogens is 1. The van der Waals surface area contributed by atoms with Crippen molar-refractivity contribution in [1.82, 2.24) is 10.3 Å². The number of hydrogen-bond acceptors (Lipinski definition) is 4. The summed E-state index contributed by atoms with van der Waals surface area (Å²) in [4.78, 5) is 16.5. The van der Waals surface area contributed by atoms with E-state index in [4.69, 9.17) is 11.6 Å². The SMILES string of the molecule is CCCNc1cc(C(=O)NC2CCCSC2)c(Cl)cn1. The van der Waals surface area contributed by atoms with Crippen LogP contribution >= 0.6 is 23.4 Å². The lowest BCUT2D eigenvalue weighted by molar-refractivity contribution is 0.0938. The average Bonchev–Trinajstić information content (AvgIpc) is 2.47. The molecule has 2 N–H and O–H groups in total. The molecule has 1 fully saturated rings. The second-order valence-corrected chi connectivity index (χ2v) is 6.42. The Labute approximate surface area is 129 Å². The van der Waals surface area contributed by atoms with Crippen LogP contribution in [0, 0.1) is 0 Å². The van der Waals surface area contributed by atoms with Gasteiger partial charge in [-0.25, -0.2) is 4.98 Å². The molecule has 6 heteroatoms. The number of pyridine rings is 1. The molecule has 1 aliphatic heterocycles. The Hall–Kier alpha value is -0.940. The van der Waals surface area contributed by atoms with Gasteiger partial charge in [-0.3, -0.25) is 4.79 Å². The Morgan fingerprint density at radius 1 is 1.60 bits per heavy atom. The van der Waals surface area contributed by atoms with Gasteiger partial charge in [0.15, 0.2) is 0 Å². The summed E-state index contributed by atoms with van der Waals surface area (Å²) in [5.74, 6) is 2.76. The van der Waals surface area contributed by atoms with E-state index in [1.807, 2.05) is 11.8 Å². The number of carbonyl (C=O) groups is 1. The first-order valence-electron chi connectivity index (χ1n) is 6.98. The number of carbonyl (C=O) groups excluding carboxylic acids is 1. The second kappa shape index (κ2) is 7.74. The number of halogens is 1. The van der Waals surface area contributed by atoms with Crippen molar-refractivity contribution < 1.29 is 4.79 Å². The van der Waals surface area contributed by atoms with Crippen LogP contribution < -0.4 is 10.6 Å². The zero-order chi connectivity index (χ0) is 14.4. The van der Waals surface area contributed by atoms with Crippen LogP contribution in [-0.4, -0.2) is 35.0 Å². The summed E-state index contributed by atoms with van der Waals surface area (Å²) >= 11 is 7.97. The number of nitrogens with zero attached hydrogens (tertiary/aromatic N) is 1. The first-order valence-corrected chi connectivity index (χ1v) is 8.52. The highest BCUT2D eigenvalue weighted by molar-refractivity contribution is 7.99. The van der Waals surface area contributed by atoms with Gasteiger partial charge < -0.3 is 10.6 Å². The first kappa shape index (κ1) is 15.4. The van der Waals surface area contributed by atoms with Crippen LogP contribution in [0.5, 0.6) is 0 Å². The molecule has 1 aliphatic rings. The van der Waals surface area contributed by atoms with Crippen LogP contribution in [-0.2, 0) is 0 Å². The van der Waals surface area contributed by atoms with Gasteiger partial charge in [-0.2, -0.15) is 11.8 Å². The molecule has 0 saturated carbocycles. The molecule has 0 radical (unpaired) electrons. The number of anilines is 1. The molecule has 4 nitrogen and oxygen atoms in total. The van der Waals surface area contributed by atoms with E-state index >= 15 is 0 Å². The molecular formula is C14H20ClN3OS. The number of hydrogen-bond donors (Lipinski definition) is 2. The van der Waals surface area contributed by atoms with Gasteiger partial charge in [0, 0.05) is 24.5 Å². The Morgan fingerprint density at radius 3 is 3.15 bits per heavy atom. The van der Waals surface area contributed by atoms with Crippen molar-refractivity contribution in [2.45, 2.75) is 32.2 Å². The van der Waals surface area contributed by atoms with Gasteiger partial charge in [-0.1, -0.05) is 18.5 Å². The largest absolute Gasteiger partial charge is 0.370 e. The van der Waals surface area contributed by atoms with Crippen molar-refractivity contribution in [3.63, 3.8) is 0 Å². The van der Waals surface area contributed by atoms with Gasteiger partial charge in [-0.15, -0.1) is 0 Å². The van der Waals surface area contributed by atoms with Crippen LogP contribution in [0.15, 0.2) is 12.3 Å². The van der Waals surface area contributed by atoms with Crippen molar-refractivity contribution >= 4 is 35.1 Å². The summed E-state index contributed by atoms with van der Waals surface area (Å²) in [6.45, 7) is 2.91. The number of amides is 1. The average molecular weight is 314 g/mol. The number of thioether (sulfide) groups is 1. The van der Waals surface area contributed by atoms with Gasteiger partial charge in [0.05, 0.1) is 10.6 Å². The van der Waals surface area contributed by atoms with E-state index in [0.717, 1.165) is 31.6 Å². The Balaban J connectivity index is 2.03. The molecule has 0 spiro atoms. The summed E-state index contributed by atoms with van der Waals surface area (Å²) in [7, 11) is 0. The highest BCUT2D eigenvalue weighted by atomic mass is 35.5. The van der Waals surface area contributed by atoms with E-state index in [0.29, 0.717) is 16.4 Å². The summed E-state index contributed by atoms with van der Waals surface area (Å²) in [6.07, 6.45) is 4.74. The molecule has 1 atom stereocenters. The lowest BCUT2D eigenvalue weighted by atomic mass is 10.1. The fourth-order valence-electron chi connectivity index (χ4n) is 2.08. The molecule has 1 amide bonds. The molecule has 1 saturated heterocycles. The summed E-state index contributed by atoms with van der Waals surface area (Å²) < 4.78 is 0. The molecule has 1 unspecified atom stereocenters. The lowest BCUT2D eigenvalue weighted by Gasteiger charge is -2.22. The van der Waals surface area contributed by atoms with E-state index < -0.39 is 0 Å². The fourth-order valence-corrected chi connectivity index (χ4v) is 3.34. The highest BCUT2D eigenvalue weighted by Gasteiger charge is 2.19. The number of nitrogens with one attached hydrogen (secondary N) is 2. The maximum atomic E-state index is 12.3. The molecule has 0 aliphatic carbocycles. The van der Waals surface area contributed by atoms with Crippen LogP contribution in [0.1, 0.15) is 36.5 Å². The molecule has 1 aromatic rings. The highest BCUT2D eigenvalue weighted by Crippen LogP contribution is 2.20. The normalized spacial score (nSPS) is 18.6. The van der Waals surface area contributed by atoms with Crippen LogP contribution in [0.4, 0.5) is 5.82 Å². The Kier molecular flexibility index (Phi) is 5.98. The molecule has 20 heavy (non-hydrogen) atoms. The maximum Gasteiger partial charge on any atom is 0.253 e. The van der Waals surface area contributed by atoms with Crippen LogP contribution in [0.3, 0.4) is 0 Å². The van der Waals surface area contributed by atoms with E-state index in [9.17, 15) is 4.79 Å². The molecule has 110 valence electrons. The predicted octanol–water partition coefficient (Wildman–Crippen LogP) is 3.18. The quantitative estimate of drug-likeness (QED) is 0.876. The third-order valence-corrected chi connectivity index (χ3v) is 4.67. The van der Waals surface area contributed by atoms with Crippen molar-refractivity contribution in [1.29, 1.82) is 0 Å². The summed E-state index contributed by atoms with van der Waals surface area (Å²) in [5, 5.41) is 6.62. The molecule has 2 heterocycles. The summed E-state index contributed by atoms with van der Waals surface area (Å²) in [6, 6.07) is 1.97. The third-order valence-electron chi connectivity index (χ3n) is 3.15. The van der Waals surface area contributed by atoms with Gasteiger partial charge in [0.1, 0.15) is 5.82 Å². The van der Waals surface area contributed by atoms with Crippen molar-refractivity contribution in [3.8, 4) is 0 Å². The van der Waals surface area contributed by atoms with E-state index in [1.54, 1.807) is 6.07 Å². The van der Waals surface area contributed by atoms with Crippen molar-refractivity contribution in [3.05, 3.63) is 22.8 Å². The van der Waals surface area contributed by atoms with Crippen LogP contribution in [0.25, 0.3) is 0 Å². The zero-order valence-corrected chi connectivity index (χ0v) is 13.2. The minimum Gasteiger partial charge on any atom is -0.370 e. The van der Waals surface area contributed by atoms with Gasteiger partial charge in [0.2, 0.25) is 0 Å². The lowest BCUT2D eigenvalue weighted by Crippen LogP contribution is -2.38. The topological polar surface area (TPSA) is 54.0 Å². The van der Waals surface area contributed by atoms with Gasteiger partial charge in [-0.05, 0) is 31.1 Å². The van der Waals surface area contributed by atoms with E-state index in [-0.39, 0.29) is 11.9 Å². The Morgan fingerprint density at radius 2 is 2.45 bits per heavy atom. The Bertz CT molecular complexity index is 464.